The molecule has 5 heteroatoms. The number of hydrogen-bond acceptors (Lipinski definition) is 3. The van der Waals surface area contributed by atoms with Crippen molar-refractivity contribution in [2.75, 3.05) is 20.6 Å². The van der Waals surface area contributed by atoms with E-state index in [1.54, 1.807) is 6.20 Å². The first-order valence-electron chi connectivity index (χ1n) is 9.84. The minimum Gasteiger partial charge on any atom is -0.337 e. The van der Waals surface area contributed by atoms with Gasteiger partial charge in [0.15, 0.2) is 0 Å². The van der Waals surface area contributed by atoms with Gasteiger partial charge in [-0.3, -0.25) is 4.98 Å². The molecule has 2 aromatic carbocycles. The maximum Gasteiger partial charge on any atom is 0.315 e. The van der Waals surface area contributed by atoms with E-state index in [0.717, 1.165) is 17.7 Å². The molecule has 5 nitrogen and oxygen atoms in total. The van der Waals surface area contributed by atoms with Gasteiger partial charge >= 0.3 is 6.03 Å². The van der Waals surface area contributed by atoms with Crippen LogP contribution in [0, 0.1) is 0 Å². The number of likely N-dealkylation sites (N-methyl/N-ethyl adjacent to an activating group) is 1. The zero-order chi connectivity index (χ0) is 20.5. The highest BCUT2D eigenvalue weighted by molar-refractivity contribution is 5.75. The van der Waals surface area contributed by atoms with Crippen LogP contribution in [0.25, 0.3) is 0 Å². The molecule has 1 heterocycles. The highest BCUT2D eigenvalue weighted by Crippen LogP contribution is 2.19. The van der Waals surface area contributed by atoms with Crippen molar-refractivity contribution in [1.82, 2.24) is 20.5 Å². The first-order chi connectivity index (χ1) is 14.1. The van der Waals surface area contributed by atoms with Crippen LogP contribution in [0.4, 0.5) is 4.79 Å². The number of rotatable bonds is 8. The molecule has 0 aliphatic heterocycles. The number of benzene rings is 2. The average Bonchev–Trinajstić information content (AvgIpc) is 2.76. The van der Waals surface area contributed by atoms with Crippen LogP contribution in [-0.2, 0) is 6.42 Å². The number of urea groups is 1. The second-order valence-electron chi connectivity index (χ2n) is 7.26. The summed E-state index contributed by atoms with van der Waals surface area (Å²) in [4.78, 5) is 19.3. The van der Waals surface area contributed by atoms with Crippen molar-refractivity contribution in [1.29, 1.82) is 0 Å². The zero-order valence-electron chi connectivity index (χ0n) is 17.0. The van der Waals surface area contributed by atoms with Crippen molar-refractivity contribution in [3.8, 4) is 0 Å². The Morgan fingerprint density at radius 3 is 2.21 bits per heavy atom. The maximum atomic E-state index is 12.7. The summed E-state index contributed by atoms with van der Waals surface area (Å²) in [6.07, 6.45) is 2.61. The predicted molar refractivity (Wildman–Crippen MR) is 117 cm³/mol. The topological polar surface area (TPSA) is 57.3 Å². The lowest BCUT2D eigenvalue weighted by atomic mass is 10.0. The summed E-state index contributed by atoms with van der Waals surface area (Å²) in [6, 6.07) is 25.6. The number of nitrogens with one attached hydrogen (secondary N) is 2. The number of amides is 2. The van der Waals surface area contributed by atoms with E-state index in [1.807, 2.05) is 80.8 Å². The van der Waals surface area contributed by atoms with Crippen molar-refractivity contribution < 1.29 is 4.79 Å². The third-order valence-corrected chi connectivity index (χ3v) is 4.93. The van der Waals surface area contributed by atoms with E-state index in [2.05, 4.69) is 32.7 Å². The Bertz CT molecular complexity index is 830. The Morgan fingerprint density at radius 1 is 0.931 bits per heavy atom. The monoisotopic (exact) mass is 388 g/mol. The van der Waals surface area contributed by atoms with E-state index in [0.29, 0.717) is 6.54 Å². The molecule has 0 spiro atoms. The minimum absolute atomic E-state index is 0.202. The van der Waals surface area contributed by atoms with Crippen molar-refractivity contribution in [3.63, 3.8) is 0 Å². The van der Waals surface area contributed by atoms with Gasteiger partial charge in [-0.25, -0.2) is 4.79 Å². The summed E-state index contributed by atoms with van der Waals surface area (Å²) in [5.41, 5.74) is 3.06. The summed E-state index contributed by atoms with van der Waals surface area (Å²) in [6.45, 7) is 0.553. The molecule has 0 radical (unpaired) electrons. The van der Waals surface area contributed by atoms with E-state index < -0.39 is 0 Å². The van der Waals surface area contributed by atoms with Crippen LogP contribution in [0.2, 0.25) is 0 Å². The quantitative estimate of drug-likeness (QED) is 0.619. The highest BCUT2D eigenvalue weighted by atomic mass is 16.2. The smallest absolute Gasteiger partial charge is 0.315 e. The van der Waals surface area contributed by atoms with Crippen LogP contribution in [0.3, 0.4) is 0 Å². The Labute approximate surface area is 172 Å². The van der Waals surface area contributed by atoms with E-state index in [9.17, 15) is 4.79 Å². The summed E-state index contributed by atoms with van der Waals surface area (Å²) in [7, 11) is 4.07. The van der Waals surface area contributed by atoms with Gasteiger partial charge in [0.25, 0.3) is 0 Å². The molecule has 0 bridgehead atoms. The third-order valence-electron chi connectivity index (χ3n) is 4.93. The molecular weight excluding hydrogens is 360 g/mol. The Kier molecular flexibility index (Phi) is 7.36. The van der Waals surface area contributed by atoms with Gasteiger partial charge in [-0.1, -0.05) is 66.7 Å². The number of nitrogens with zero attached hydrogens (tertiary/aromatic N) is 2. The standard InChI is InChI=1S/C24H28N4O/c1-28(2)21(17-19-11-5-3-6-12-19)18-26-24(29)27-23(20-13-7-4-8-14-20)22-15-9-10-16-25-22/h3-16,21,23H,17-18H2,1-2H3,(H2,26,27,29). The molecule has 3 aromatic rings. The molecule has 2 N–H and O–H groups in total. The molecule has 1 aromatic heterocycles. The Morgan fingerprint density at radius 2 is 1.59 bits per heavy atom. The lowest BCUT2D eigenvalue weighted by molar-refractivity contribution is 0.229. The number of pyridine rings is 1. The number of hydrogen-bond donors (Lipinski definition) is 2. The van der Waals surface area contributed by atoms with Gasteiger partial charge < -0.3 is 15.5 Å². The maximum absolute atomic E-state index is 12.7. The fourth-order valence-electron chi connectivity index (χ4n) is 3.24. The van der Waals surface area contributed by atoms with Crippen LogP contribution in [0.1, 0.15) is 22.9 Å². The van der Waals surface area contributed by atoms with E-state index in [-0.39, 0.29) is 18.1 Å². The summed E-state index contributed by atoms with van der Waals surface area (Å²) >= 11 is 0. The van der Waals surface area contributed by atoms with E-state index in [4.69, 9.17) is 0 Å². The van der Waals surface area contributed by atoms with Crippen LogP contribution in [0.5, 0.6) is 0 Å². The van der Waals surface area contributed by atoms with Gasteiger partial charge in [0.05, 0.1) is 11.7 Å². The second kappa shape index (κ2) is 10.4. The molecule has 0 aliphatic carbocycles. The summed E-state index contributed by atoms with van der Waals surface area (Å²) in [5.74, 6) is 0. The van der Waals surface area contributed by atoms with Gasteiger partial charge in [0, 0.05) is 18.8 Å². The van der Waals surface area contributed by atoms with Gasteiger partial charge in [-0.2, -0.15) is 0 Å². The third kappa shape index (κ3) is 6.16. The Balaban J connectivity index is 1.65. The lowest BCUT2D eigenvalue weighted by Crippen LogP contribution is -2.46. The van der Waals surface area contributed by atoms with Gasteiger partial charge in [0.2, 0.25) is 0 Å². The summed E-state index contributed by atoms with van der Waals surface area (Å²) in [5, 5.41) is 6.11. The fraction of sp³-hybridized carbons (Fsp3) is 0.250. The normalized spacial score (nSPS) is 12.9. The molecule has 2 atom stereocenters. The fourth-order valence-corrected chi connectivity index (χ4v) is 3.24. The molecule has 150 valence electrons. The molecular formula is C24H28N4O. The van der Waals surface area contributed by atoms with Crippen LogP contribution in [0.15, 0.2) is 85.1 Å². The van der Waals surface area contributed by atoms with E-state index >= 15 is 0 Å². The van der Waals surface area contributed by atoms with Gasteiger partial charge in [-0.15, -0.1) is 0 Å². The second-order valence-corrected chi connectivity index (χ2v) is 7.26. The molecule has 0 saturated heterocycles. The van der Waals surface area contributed by atoms with Gasteiger partial charge in [0.1, 0.15) is 0 Å². The predicted octanol–water partition coefficient (Wildman–Crippen LogP) is 3.64. The first-order valence-corrected chi connectivity index (χ1v) is 9.84. The number of aromatic nitrogens is 1. The minimum atomic E-state index is -0.302. The zero-order valence-corrected chi connectivity index (χ0v) is 17.0. The number of carbonyl (C=O) groups is 1. The van der Waals surface area contributed by atoms with Gasteiger partial charge in [-0.05, 0) is 43.8 Å². The number of carbonyl (C=O) groups excluding carboxylic acids is 1. The Hall–Kier alpha value is -3.18. The molecule has 3 rings (SSSR count). The highest BCUT2D eigenvalue weighted by Gasteiger charge is 2.19. The van der Waals surface area contributed by atoms with Crippen molar-refractivity contribution in [2.24, 2.45) is 0 Å². The SMILES string of the molecule is CN(C)C(CNC(=O)NC(c1ccccc1)c1ccccn1)Cc1ccccc1. The van der Waals surface area contributed by atoms with Crippen LogP contribution >= 0.6 is 0 Å². The molecule has 0 saturated carbocycles. The van der Waals surface area contributed by atoms with Crippen molar-refractivity contribution in [2.45, 2.75) is 18.5 Å². The first kappa shape index (κ1) is 20.6. The van der Waals surface area contributed by atoms with Crippen LogP contribution < -0.4 is 10.6 Å². The molecule has 29 heavy (non-hydrogen) atoms. The van der Waals surface area contributed by atoms with Crippen LogP contribution in [-0.4, -0.2) is 42.6 Å². The van der Waals surface area contributed by atoms with Crippen molar-refractivity contribution in [3.05, 3.63) is 102 Å². The molecule has 0 fully saturated rings. The molecule has 2 amide bonds. The largest absolute Gasteiger partial charge is 0.337 e. The summed E-state index contributed by atoms with van der Waals surface area (Å²) < 4.78 is 0. The van der Waals surface area contributed by atoms with E-state index in [1.165, 1.54) is 5.56 Å². The lowest BCUT2D eigenvalue weighted by Gasteiger charge is -2.26. The molecule has 0 aliphatic rings. The molecule has 2 unspecified atom stereocenters. The van der Waals surface area contributed by atoms with Crippen molar-refractivity contribution >= 4 is 6.03 Å². The average molecular weight is 389 g/mol.